The van der Waals surface area contributed by atoms with Crippen molar-refractivity contribution >= 4 is 5.91 Å². The van der Waals surface area contributed by atoms with Crippen molar-refractivity contribution in [3.05, 3.63) is 35.4 Å². The molecule has 0 unspecified atom stereocenters. The molecule has 0 radical (unpaired) electrons. The molecule has 3 atom stereocenters. The molecule has 194 valence electrons. The maximum atomic E-state index is 13.4. The first-order valence-corrected chi connectivity index (χ1v) is 14.2. The van der Waals surface area contributed by atoms with E-state index in [0.29, 0.717) is 30.2 Å². The van der Waals surface area contributed by atoms with Crippen LogP contribution in [0.1, 0.15) is 63.5 Å². The van der Waals surface area contributed by atoms with Crippen LogP contribution < -0.4 is 0 Å². The minimum absolute atomic E-state index is 0.337. The van der Waals surface area contributed by atoms with E-state index in [4.69, 9.17) is 9.47 Å². The predicted molar refractivity (Wildman–Crippen MR) is 138 cm³/mol. The van der Waals surface area contributed by atoms with E-state index in [0.717, 1.165) is 91.1 Å². The minimum atomic E-state index is -0.340. The van der Waals surface area contributed by atoms with Crippen LogP contribution in [0.4, 0.5) is 0 Å². The summed E-state index contributed by atoms with van der Waals surface area (Å²) >= 11 is 0. The SMILES string of the molecule is CCCN1C[C@@H](CC(=O)N(CC)CCN2CCc3ccccc3C2)C[C@@H]2CC3(CC[C@H]21)OCCO3. The quantitative estimate of drug-likeness (QED) is 0.561. The highest BCUT2D eigenvalue weighted by atomic mass is 16.7. The second kappa shape index (κ2) is 11.3. The van der Waals surface area contributed by atoms with Crippen LogP contribution in [-0.2, 0) is 27.2 Å². The highest BCUT2D eigenvalue weighted by molar-refractivity contribution is 5.76. The zero-order chi connectivity index (χ0) is 24.3. The lowest BCUT2D eigenvalue weighted by Gasteiger charge is -2.51. The van der Waals surface area contributed by atoms with Crippen molar-refractivity contribution < 1.29 is 14.3 Å². The molecular formula is C29H45N3O3. The summed E-state index contributed by atoms with van der Waals surface area (Å²) in [6.45, 7) is 12.7. The van der Waals surface area contributed by atoms with Crippen molar-refractivity contribution in [3.8, 4) is 0 Å². The Bertz CT molecular complexity index is 855. The summed E-state index contributed by atoms with van der Waals surface area (Å²) in [4.78, 5) is 20.7. The van der Waals surface area contributed by atoms with Gasteiger partial charge in [-0.15, -0.1) is 0 Å². The molecule has 3 fully saturated rings. The van der Waals surface area contributed by atoms with E-state index in [1.54, 1.807) is 0 Å². The maximum absolute atomic E-state index is 13.4. The molecule has 1 aromatic carbocycles. The van der Waals surface area contributed by atoms with Gasteiger partial charge in [-0.2, -0.15) is 0 Å². The average Bonchev–Trinajstić information content (AvgIpc) is 3.31. The molecule has 1 amide bonds. The smallest absolute Gasteiger partial charge is 0.222 e. The molecule has 35 heavy (non-hydrogen) atoms. The van der Waals surface area contributed by atoms with Crippen molar-refractivity contribution in [2.75, 3.05) is 52.5 Å². The molecule has 3 aliphatic heterocycles. The lowest BCUT2D eigenvalue weighted by atomic mass is 9.72. The molecule has 6 nitrogen and oxygen atoms in total. The molecule has 3 heterocycles. The Morgan fingerprint density at radius 3 is 2.71 bits per heavy atom. The topological polar surface area (TPSA) is 45.3 Å². The number of likely N-dealkylation sites (tertiary alicyclic amines) is 1. The van der Waals surface area contributed by atoms with Crippen LogP contribution in [-0.4, -0.2) is 84.9 Å². The fourth-order valence-electron chi connectivity index (χ4n) is 7.23. The third kappa shape index (κ3) is 5.76. The molecular weight excluding hydrogens is 438 g/mol. The number of carbonyl (C=O) groups excluding carboxylic acids is 1. The molecule has 0 aromatic heterocycles. The van der Waals surface area contributed by atoms with Crippen molar-refractivity contribution in [1.82, 2.24) is 14.7 Å². The summed E-state index contributed by atoms with van der Waals surface area (Å²) in [6, 6.07) is 9.41. The van der Waals surface area contributed by atoms with E-state index in [1.165, 1.54) is 17.5 Å². The van der Waals surface area contributed by atoms with Gasteiger partial charge in [0.1, 0.15) is 0 Å². The number of rotatable bonds is 8. The molecule has 5 rings (SSSR count). The van der Waals surface area contributed by atoms with E-state index in [1.807, 2.05) is 0 Å². The Kier molecular flexibility index (Phi) is 8.12. The third-order valence-corrected chi connectivity index (χ3v) is 8.95. The Morgan fingerprint density at radius 1 is 1.14 bits per heavy atom. The number of ether oxygens (including phenoxy) is 2. The van der Waals surface area contributed by atoms with Crippen LogP contribution in [0.3, 0.4) is 0 Å². The molecule has 1 aliphatic carbocycles. The van der Waals surface area contributed by atoms with Gasteiger partial charge in [-0.3, -0.25) is 14.6 Å². The molecule has 4 aliphatic rings. The van der Waals surface area contributed by atoms with Gasteiger partial charge in [0.25, 0.3) is 0 Å². The van der Waals surface area contributed by atoms with E-state index in [-0.39, 0.29) is 5.79 Å². The van der Waals surface area contributed by atoms with E-state index in [2.05, 4.69) is 52.8 Å². The molecule has 1 spiro atoms. The first-order valence-electron chi connectivity index (χ1n) is 14.2. The van der Waals surface area contributed by atoms with Gasteiger partial charge in [-0.1, -0.05) is 31.2 Å². The van der Waals surface area contributed by atoms with Gasteiger partial charge in [0, 0.05) is 64.6 Å². The van der Waals surface area contributed by atoms with Crippen LogP contribution in [0.5, 0.6) is 0 Å². The number of hydrogen-bond donors (Lipinski definition) is 0. The Hall–Kier alpha value is -1.47. The molecule has 0 bridgehead atoms. The molecule has 1 aromatic rings. The monoisotopic (exact) mass is 483 g/mol. The number of carbonyl (C=O) groups is 1. The molecule has 6 heteroatoms. The van der Waals surface area contributed by atoms with Gasteiger partial charge in [-0.05, 0) is 62.1 Å². The molecule has 2 saturated heterocycles. The first kappa shape index (κ1) is 25.2. The van der Waals surface area contributed by atoms with Gasteiger partial charge in [0.05, 0.1) is 13.2 Å². The second-order valence-corrected chi connectivity index (χ2v) is 11.2. The molecule has 0 N–H and O–H groups in total. The van der Waals surface area contributed by atoms with Crippen LogP contribution in [0.15, 0.2) is 24.3 Å². The number of benzene rings is 1. The van der Waals surface area contributed by atoms with Gasteiger partial charge >= 0.3 is 0 Å². The largest absolute Gasteiger partial charge is 0.348 e. The van der Waals surface area contributed by atoms with E-state index in [9.17, 15) is 4.79 Å². The first-order chi connectivity index (χ1) is 17.1. The third-order valence-electron chi connectivity index (χ3n) is 8.95. The fraction of sp³-hybridized carbons (Fsp3) is 0.759. The summed E-state index contributed by atoms with van der Waals surface area (Å²) in [5.41, 5.74) is 2.93. The predicted octanol–water partition coefficient (Wildman–Crippen LogP) is 3.93. The highest BCUT2D eigenvalue weighted by Crippen LogP contribution is 2.45. The van der Waals surface area contributed by atoms with Gasteiger partial charge in [-0.25, -0.2) is 0 Å². The summed E-state index contributed by atoms with van der Waals surface area (Å²) in [7, 11) is 0. The van der Waals surface area contributed by atoms with Crippen molar-refractivity contribution in [2.24, 2.45) is 11.8 Å². The summed E-state index contributed by atoms with van der Waals surface area (Å²) in [5, 5.41) is 0. The van der Waals surface area contributed by atoms with Gasteiger partial charge < -0.3 is 14.4 Å². The average molecular weight is 484 g/mol. The van der Waals surface area contributed by atoms with Crippen LogP contribution in [0.25, 0.3) is 0 Å². The van der Waals surface area contributed by atoms with E-state index >= 15 is 0 Å². The lowest BCUT2D eigenvalue weighted by Crippen LogP contribution is -2.55. The number of amides is 1. The number of likely N-dealkylation sites (N-methyl/N-ethyl adjacent to an activating group) is 1. The lowest BCUT2D eigenvalue weighted by molar-refractivity contribution is -0.203. The van der Waals surface area contributed by atoms with Crippen molar-refractivity contribution in [3.63, 3.8) is 0 Å². The summed E-state index contributed by atoms with van der Waals surface area (Å²) < 4.78 is 12.2. The maximum Gasteiger partial charge on any atom is 0.222 e. The van der Waals surface area contributed by atoms with Crippen LogP contribution in [0, 0.1) is 11.8 Å². The Morgan fingerprint density at radius 2 is 1.94 bits per heavy atom. The number of fused-ring (bicyclic) bond motifs is 2. The number of nitrogens with zero attached hydrogens (tertiary/aromatic N) is 3. The van der Waals surface area contributed by atoms with Crippen molar-refractivity contribution in [2.45, 2.75) is 77.2 Å². The summed E-state index contributed by atoms with van der Waals surface area (Å²) in [6.07, 6.45) is 7.26. The second-order valence-electron chi connectivity index (χ2n) is 11.2. The number of hydrogen-bond acceptors (Lipinski definition) is 5. The Labute approximate surface area is 211 Å². The normalized spacial score (nSPS) is 28.6. The highest BCUT2D eigenvalue weighted by Gasteiger charge is 2.49. The minimum Gasteiger partial charge on any atom is -0.348 e. The van der Waals surface area contributed by atoms with Gasteiger partial charge in [0.2, 0.25) is 5.91 Å². The van der Waals surface area contributed by atoms with Crippen LogP contribution in [0.2, 0.25) is 0 Å². The van der Waals surface area contributed by atoms with Crippen molar-refractivity contribution in [1.29, 1.82) is 0 Å². The van der Waals surface area contributed by atoms with Gasteiger partial charge in [0.15, 0.2) is 5.79 Å². The summed E-state index contributed by atoms with van der Waals surface area (Å²) in [5.74, 6) is 1.00. The van der Waals surface area contributed by atoms with Crippen LogP contribution >= 0.6 is 0 Å². The number of piperidine rings is 1. The zero-order valence-corrected chi connectivity index (χ0v) is 21.9. The Balaban J connectivity index is 1.16. The molecule has 1 saturated carbocycles. The zero-order valence-electron chi connectivity index (χ0n) is 21.9. The fourth-order valence-corrected chi connectivity index (χ4v) is 7.23. The standard InChI is InChI=1S/C29H45N3O3/c1-3-12-32-21-23(18-26-20-29(11-9-27(26)32)34-16-17-35-29)19-28(33)31(4-2)15-14-30-13-10-24-7-5-6-8-25(24)22-30/h5-8,23,26-27H,3-4,9-22H2,1-2H3/t23-,26-,27-/m1/s1. The van der Waals surface area contributed by atoms with E-state index < -0.39 is 0 Å².